The molecule has 9 heavy (non-hydrogen) atoms. The van der Waals surface area contributed by atoms with Gasteiger partial charge in [0.25, 0.3) is 0 Å². The van der Waals surface area contributed by atoms with Crippen LogP contribution in [-0.2, 0) is 9.47 Å². The molecule has 0 aromatic heterocycles. The van der Waals surface area contributed by atoms with E-state index in [2.05, 4.69) is 4.74 Å². The summed E-state index contributed by atoms with van der Waals surface area (Å²) in [5.41, 5.74) is -0.116. The maximum absolute atomic E-state index is 5.16. The van der Waals surface area contributed by atoms with Gasteiger partial charge < -0.3 is 9.47 Å². The van der Waals surface area contributed by atoms with Gasteiger partial charge in [-0.05, 0) is 20.8 Å². The van der Waals surface area contributed by atoms with E-state index in [9.17, 15) is 0 Å². The number of hydrogen-bond acceptors (Lipinski definition) is 2. The van der Waals surface area contributed by atoms with Gasteiger partial charge in [-0.2, -0.15) is 0 Å². The van der Waals surface area contributed by atoms with Gasteiger partial charge in [-0.25, -0.2) is 0 Å². The molecule has 0 bridgehead atoms. The predicted octanol–water partition coefficient (Wildman–Crippen LogP) is 1.92. The summed E-state index contributed by atoms with van der Waals surface area (Å²) in [6, 6.07) is 0. The lowest BCUT2D eigenvalue weighted by Gasteiger charge is -2.16. The fraction of sp³-hybridized carbons (Fsp3) is 0.714. The van der Waals surface area contributed by atoms with Crippen LogP contribution in [0.5, 0.6) is 0 Å². The highest BCUT2D eigenvalue weighted by molar-refractivity contribution is 4.68. The smallest absolute Gasteiger partial charge is 0.118 e. The Morgan fingerprint density at radius 3 is 2.00 bits per heavy atom. The number of methoxy groups -OCH3 is 1. The minimum Gasteiger partial charge on any atom is -0.501 e. The normalized spacial score (nSPS) is 12.0. The van der Waals surface area contributed by atoms with Gasteiger partial charge in [0.15, 0.2) is 0 Å². The van der Waals surface area contributed by atoms with Crippen molar-refractivity contribution in [1.29, 1.82) is 0 Å². The summed E-state index contributed by atoms with van der Waals surface area (Å²) in [6.45, 7) is 5.94. The van der Waals surface area contributed by atoms with Crippen LogP contribution in [0.15, 0.2) is 12.5 Å². The molecule has 0 amide bonds. The van der Waals surface area contributed by atoms with Crippen molar-refractivity contribution in [2.24, 2.45) is 0 Å². The Morgan fingerprint density at radius 1 is 1.11 bits per heavy atom. The lowest BCUT2D eigenvalue weighted by atomic mass is 10.2. The Morgan fingerprint density at radius 2 is 1.67 bits per heavy atom. The second-order valence-electron chi connectivity index (χ2n) is 2.74. The molecular weight excluding hydrogens is 116 g/mol. The molecule has 0 aliphatic rings. The number of rotatable bonds is 2. The molecule has 0 rings (SSSR count). The summed E-state index contributed by atoms with van der Waals surface area (Å²) in [4.78, 5) is 0. The Labute approximate surface area is 56.5 Å². The third kappa shape index (κ3) is 7.34. The second kappa shape index (κ2) is 3.38. The highest BCUT2D eigenvalue weighted by Gasteiger charge is 2.06. The van der Waals surface area contributed by atoms with Gasteiger partial charge in [0, 0.05) is 0 Å². The highest BCUT2D eigenvalue weighted by atomic mass is 16.5. The van der Waals surface area contributed by atoms with E-state index in [0.717, 1.165) is 0 Å². The predicted molar refractivity (Wildman–Crippen MR) is 37.0 cm³/mol. The van der Waals surface area contributed by atoms with Crippen LogP contribution in [0.1, 0.15) is 20.8 Å². The molecule has 0 heterocycles. The van der Waals surface area contributed by atoms with E-state index in [1.807, 2.05) is 20.8 Å². The first kappa shape index (κ1) is 8.34. The van der Waals surface area contributed by atoms with Crippen molar-refractivity contribution in [3.05, 3.63) is 12.5 Å². The first-order chi connectivity index (χ1) is 4.06. The van der Waals surface area contributed by atoms with Crippen molar-refractivity contribution in [1.82, 2.24) is 0 Å². The van der Waals surface area contributed by atoms with Crippen molar-refractivity contribution in [3.63, 3.8) is 0 Å². The fourth-order valence-electron chi connectivity index (χ4n) is 0.287. The van der Waals surface area contributed by atoms with Crippen molar-refractivity contribution in [2.75, 3.05) is 7.11 Å². The Bertz CT molecular complexity index is 89.6. The monoisotopic (exact) mass is 130 g/mol. The molecule has 2 nitrogen and oxygen atoms in total. The van der Waals surface area contributed by atoms with Crippen LogP contribution in [0.4, 0.5) is 0 Å². The molecule has 0 aliphatic carbocycles. The van der Waals surface area contributed by atoms with Crippen molar-refractivity contribution >= 4 is 0 Å². The minimum atomic E-state index is -0.116. The molecule has 0 saturated carbocycles. The van der Waals surface area contributed by atoms with Gasteiger partial charge in [-0.1, -0.05) is 0 Å². The van der Waals surface area contributed by atoms with E-state index in [4.69, 9.17) is 4.74 Å². The average molecular weight is 130 g/mol. The van der Waals surface area contributed by atoms with E-state index in [1.54, 1.807) is 13.4 Å². The summed E-state index contributed by atoms with van der Waals surface area (Å²) >= 11 is 0. The lowest BCUT2D eigenvalue weighted by Crippen LogP contribution is -2.15. The van der Waals surface area contributed by atoms with Gasteiger partial charge in [0.1, 0.15) is 12.5 Å². The average Bonchev–Trinajstić information content (AvgIpc) is 1.63. The molecule has 0 unspecified atom stereocenters. The first-order valence-electron chi connectivity index (χ1n) is 2.92. The minimum absolute atomic E-state index is 0.116. The summed E-state index contributed by atoms with van der Waals surface area (Å²) in [5.74, 6) is 0. The summed E-state index contributed by atoms with van der Waals surface area (Å²) in [7, 11) is 1.59. The third-order valence-electron chi connectivity index (χ3n) is 0.613. The topological polar surface area (TPSA) is 18.5 Å². The van der Waals surface area contributed by atoms with Crippen LogP contribution in [0.3, 0.4) is 0 Å². The molecule has 0 fully saturated rings. The Hall–Kier alpha value is -0.660. The molecule has 0 spiro atoms. The van der Waals surface area contributed by atoms with Crippen molar-refractivity contribution in [3.8, 4) is 0 Å². The molecule has 0 aromatic rings. The van der Waals surface area contributed by atoms with Crippen LogP contribution in [-0.4, -0.2) is 12.7 Å². The maximum Gasteiger partial charge on any atom is 0.118 e. The third-order valence-corrected chi connectivity index (χ3v) is 0.613. The summed E-state index contributed by atoms with van der Waals surface area (Å²) < 4.78 is 9.80. The van der Waals surface area contributed by atoms with Gasteiger partial charge >= 0.3 is 0 Å². The van der Waals surface area contributed by atoms with Gasteiger partial charge in [-0.15, -0.1) is 0 Å². The molecule has 0 N–H and O–H groups in total. The molecule has 0 saturated heterocycles. The van der Waals surface area contributed by atoms with Crippen LogP contribution in [0.25, 0.3) is 0 Å². The fourth-order valence-corrected chi connectivity index (χ4v) is 0.287. The lowest BCUT2D eigenvalue weighted by molar-refractivity contribution is 0.0712. The van der Waals surface area contributed by atoms with Crippen LogP contribution < -0.4 is 0 Å². The standard InChI is InChI=1S/C7H14O2/c1-7(2,3)9-6-5-8-4/h5-6H,1-4H3. The highest BCUT2D eigenvalue weighted by Crippen LogP contribution is 2.06. The van der Waals surface area contributed by atoms with E-state index < -0.39 is 0 Å². The van der Waals surface area contributed by atoms with Crippen LogP contribution in [0, 0.1) is 0 Å². The van der Waals surface area contributed by atoms with Gasteiger partial charge in [0.2, 0.25) is 0 Å². The zero-order chi connectivity index (χ0) is 7.33. The quantitative estimate of drug-likeness (QED) is 0.532. The van der Waals surface area contributed by atoms with E-state index >= 15 is 0 Å². The van der Waals surface area contributed by atoms with E-state index in [1.165, 1.54) is 6.26 Å². The van der Waals surface area contributed by atoms with Crippen LogP contribution in [0.2, 0.25) is 0 Å². The first-order valence-corrected chi connectivity index (χ1v) is 2.92. The van der Waals surface area contributed by atoms with E-state index in [0.29, 0.717) is 0 Å². The molecule has 0 radical (unpaired) electrons. The number of hydrogen-bond donors (Lipinski definition) is 0. The zero-order valence-electron chi connectivity index (χ0n) is 6.47. The van der Waals surface area contributed by atoms with Gasteiger partial charge in [-0.3, -0.25) is 0 Å². The SMILES string of the molecule is COC=COC(C)(C)C. The number of ether oxygens (including phenoxy) is 2. The second-order valence-corrected chi connectivity index (χ2v) is 2.74. The Balaban J connectivity index is 3.38. The van der Waals surface area contributed by atoms with E-state index in [-0.39, 0.29) is 5.60 Å². The Kier molecular flexibility index (Phi) is 3.13. The molecule has 54 valence electrons. The summed E-state index contributed by atoms with van der Waals surface area (Å²) in [5, 5.41) is 0. The molecule has 0 aliphatic heterocycles. The van der Waals surface area contributed by atoms with Crippen LogP contribution >= 0.6 is 0 Å². The molecule has 0 atom stereocenters. The molecular formula is C7H14O2. The zero-order valence-corrected chi connectivity index (χ0v) is 6.47. The maximum atomic E-state index is 5.16. The molecule has 0 aromatic carbocycles. The van der Waals surface area contributed by atoms with Crippen molar-refractivity contribution < 1.29 is 9.47 Å². The van der Waals surface area contributed by atoms with Gasteiger partial charge in [0.05, 0.1) is 12.7 Å². The largest absolute Gasteiger partial charge is 0.501 e. The molecule has 2 heteroatoms. The van der Waals surface area contributed by atoms with Crippen molar-refractivity contribution in [2.45, 2.75) is 26.4 Å². The summed E-state index contributed by atoms with van der Waals surface area (Å²) in [6.07, 6.45) is 3.05.